The topological polar surface area (TPSA) is 55.1 Å². The first-order valence-corrected chi connectivity index (χ1v) is 7.65. The van der Waals surface area contributed by atoms with E-state index in [1.54, 1.807) is 0 Å². The Bertz CT molecular complexity index is 292. The van der Waals surface area contributed by atoms with Crippen molar-refractivity contribution in [2.45, 2.75) is 70.9 Å². The predicted molar refractivity (Wildman–Crippen MR) is 74.0 cm³/mol. The summed E-state index contributed by atoms with van der Waals surface area (Å²) in [4.78, 5) is 12.4. The predicted octanol–water partition coefficient (Wildman–Crippen LogP) is 2.44. The minimum Gasteiger partial charge on any atom is -0.353 e. The second-order valence-electron chi connectivity index (χ2n) is 6.47. The third kappa shape index (κ3) is 3.05. The van der Waals surface area contributed by atoms with Crippen molar-refractivity contribution >= 4 is 5.91 Å². The maximum Gasteiger partial charge on any atom is 0.224 e. The van der Waals surface area contributed by atoms with Crippen LogP contribution in [0.1, 0.15) is 58.8 Å². The van der Waals surface area contributed by atoms with E-state index in [1.165, 1.54) is 25.7 Å². The highest BCUT2D eigenvalue weighted by atomic mass is 16.2. The normalized spacial score (nSPS) is 41.4. The van der Waals surface area contributed by atoms with Crippen molar-refractivity contribution in [3.63, 3.8) is 0 Å². The molecule has 0 bridgehead atoms. The van der Waals surface area contributed by atoms with E-state index in [9.17, 15) is 4.79 Å². The summed E-state index contributed by atoms with van der Waals surface area (Å²) in [5, 5.41) is 3.27. The highest BCUT2D eigenvalue weighted by Gasteiger charge is 2.34. The number of nitrogens with one attached hydrogen (secondary N) is 1. The molecule has 2 fully saturated rings. The number of carbonyl (C=O) groups excluding carboxylic acids is 1. The van der Waals surface area contributed by atoms with Crippen molar-refractivity contribution in [3.05, 3.63) is 0 Å². The average molecular weight is 252 g/mol. The zero-order chi connectivity index (χ0) is 13.1. The van der Waals surface area contributed by atoms with E-state index in [4.69, 9.17) is 5.73 Å². The van der Waals surface area contributed by atoms with E-state index in [1.807, 2.05) is 0 Å². The van der Waals surface area contributed by atoms with Crippen LogP contribution in [0, 0.1) is 17.8 Å². The summed E-state index contributed by atoms with van der Waals surface area (Å²) in [5.74, 6) is 1.37. The van der Waals surface area contributed by atoms with Crippen LogP contribution >= 0.6 is 0 Å². The summed E-state index contributed by atoms with van der Waals surface area (Å²) in [6, 6.07) is 0.438. The molecule has 0 spiro atoms. The molecule has 5 atom stereocenters. The molecule has 0 heterocycles. The zero-order valence-corrected chi connectivity index (χ0v) is 11.8. The maximum atomic E-state index is 12.4. The largest absolute Gasteiger partial charge is 0.353 e. The Hall–Kier alpha value is -0.570. The van der Waals surface area contributed by atoms with E-state index in [-0.39, 0.29) is 17.9 Å². The summed E-state index contributed by atoms with van der Waals surface area (Å²) in [7, 11) is 0. The van der Waals surface area contributed by atoms with E-state index in [2.05, 4.69) is 19.2 Å². The summed E-state index contributed by atoms with van der Waals surface area (Å²) in [5.41, 5.74) is 6.20. The van der Waals surface area contributed by atoms with Gasteiger partial charge in [-0.1, -0.05) is 33.1 Å². The Morgan fingerprint density at radius 3 is 2.39 bits per heavy atom. The quantitative estimate of drug-likeness (QED) is 0.793. The van der Waals surface area contributed by atoms with Gasteiger partial charge >= 0.3 is 0 Å². The first-order chi connectivity index (χ1) is 8.59. The highest BCUT2D eigenvalue weighted by Crippen LogP contribution is 2.29. The minimum atomic E-state index is 0.0443. The molecule has 5 unspecified atom stereocenters. The number of hydrogen-bond acceptors (Lipinski definition) is 2. The molecule has 0 radical (unpaired) electrons. The fourth-order valence-corrected chi connectivity index (χ4v) is 3.57. The lowest BCUT2D eigenvalue weighted by molar-refractivity contribution is -0.128. The third-order valence-electron chi connectivity index (χ3n) is 5.07. The zero-order valence-electron chi connectivity index (χ0n) is 11.8. The van der Waals surface area contributed by atoms with Crippen LogP contribution in [0.4, 0.5) is 0 Å². The van der Waals surface area contributed by atoms with Crippen molar-refractivity contribution in [1.29, 1.82) is 0 Å². The van der Waals surface area contributed by atoms with Gasteiger partial charge in [-0.05, 0) is 37.5 Å². The Morgan fingerprint density at radius 2 is 1.67 bits per heavy atom. The van der Waals surface area contributed by atoms with Gasteiger partial charge in [-0.15, -0.1) is 0 Å². The smallest absolute Gasteiger partial charge is 0.224 e. The number of carbonyl (C=O) groups is 1. The molecule has 104 valence electrons. The number of rotatable bonds is 2. The first kappa shape index (κ1) is 13.9. The third-order valence-corrected chi connectivity index (χ3v) is 5.07. The fraction of sp³-hybridized carbons (Fsp3) is 0.933. The summed E-state index contributed by atoms with van der Waals surface area (Å²) < 4.78 is 0. The molecule has 3 N–H and O–H groups in total. The minimum absolute atomic E-state index is 0.0443. The van der Waals surface area contributed by atoms with E-state index in [0.29, 0.717) is 17.9 Å². The standard InChI is InChI=1S/C15H28N2O/c1-10-6-3-4-9-13(10)17-15(18)12-8-5-7-11(2)14(12)16/h10-14H,3-9,16H2,1-2H3,(H,17,18). The van der Waals surface area contributed by atoms with Crippen LogP contribution in [-0.2, 0) is 4.79 Å². The second-order valence-corrected chi connectivity index (χ2v) is 6.47. The Kier molecular flexibility index (Phi) is 4.66. The Labute approximate surface area is 111 Å². The van der Waals surface area contributed by atoms with Crippen LogP contribution in [0.2, 0.25) is 0 Å². The van der Waals surface area contributed by atoms with Gasteiger partial charge in [-0.3, -0.25) is 4.79 Å². The van der Waals surface area contributed by atoms with Crippen LogP contribution in [-0.4, -0.2) is 18.0 Å². The lowest BCUT2D eigenvalue weighted by atomic mass is 9.77. The summed E-state index contributed by atoms with van der Waals surface area (Å²) >= 11 is 0. The molecule has 0 aromatic rings. The molecule has 0 saturated heterocycles. The number of hydrogen-bond donors (Lipinski definition) is 2. The van der Waals surface area contributed by atoms with Gasteiger partial charge in [0.15, 0.2) is 0 Å². The molecule has 18 heavy (non-hydrogen) atoms. The molecule has 0 aromatic carbocycles. The van der Waals surface area contributed by atoms with E-state index < -0.39 is 0 Å². The van der Waals surface area contributed by atoms with Crippen molar-refractivity contribution in [3.8, 4) is 0 Å². The molecule has 2 saturated carbocycles. The molecule has 3 heteroatoms. The van der Waals surface area contributed by atoms with Crippen LogP contribution in [0.5, 0.6) is 0 Å². The summed E-state index contributed by atoms with van der Waals surface area (Å²) in [6.07, 6.45) is 8.24. The number of nitrogens with two attached hydrogens (primary N) is 1. The van der Waals surface area contributed by atoms with Gasteiger partial charge in [-0.25, -0.2) is 0 Å². The van der Waals surface area contributed by atoms with Gasteiger partial charge in [0, 0.05) is 12.1 Å². The lowest BCUT2D eigenvalue weighted by Crippen LogP contribution is -2.51. The highest BCUT2D eigenvalue weighted by molar-refractivity contribution is 5.79. The van der Waals surface area contributed by atoms with Gasteiger partial charge in [0.25, 0.3) is 0 Å². The van der Waals surface area contributed by atoms with Gasteiger partial charge in [-0.2, -0.15) is 0 Å². The first-order valence-electron chi connectivity index (χ1n) is 7.65. The van der Waals surface area contributed by atoms with Crippen LogP contribution in [0.15, 0.2) is 0 Å². The van der Waals surface area contributed by atoms with E-state index in [0.717, 1.165) is 19.3 Å². The van der Waals surface area contributed by atoms with Crippen molar-refractivity contribution < 1.29 is 4.79 Å². The average Bonchev–Trinajstić information content (AvgIpc) is 2.35. The molecule has 2 aliphatic rings. The SMILES string of the molecule is CC1CCCCC1NC(=O)C1CCCC(C)C1N. The van der Waals surface area contributed by atoms with Crippen molar-refractivity contribution in [2.24, 2.45) is 23.5 Å². The fourth-order valence-electron chi connectivity index (χ4n) is 3.57. The molecule has 1 amide bonds. The van der Waals surface area contributed by atoms with Crippen molar-refractivity contribution in [1.82, 2.24) is 5.32 Å². The monoisotopic (exact) mass is 252 g/mol. The molecule has 0 aromatic heterocycles. The molecule has 0 aliphatic heterocycles. The molecular weight excluding hydrogens is 224 g/mol. The van der Waals surface area contributed by atoms with Crippen LogP contribution in [0.25, 0.3) is 0 Å². The Balaban J connectivity index is 1.90. The van der Waals surface area contributed by atoms with Crippen LogP contribution < -0.4 is 11.1 Å². The molecular formula is C15H28N2O. The number of amides is 1. The lowest BCUT2D eigenvalue weighted by Gasteiger charge is -2.36. The molecule has 2 rings (SSSR count). The van der Waals surface area contributed by atoms with Gasteiger partial charge < -0.3 is 11.1 Å². The van der Waals surface area contributed by atoms with Gasteiger partial charge in [0.05, 0.1) is 5.92 Å². The Morgan fingerprint density at radius 1 is 1.00 bits per heavy atom. The second kappa shape index (κ2) is 6.05. The van der Waals surface area contributed by atoms with Gasteiger partial charge in [0.1, 0.15) is 0 Å². The molecule has 3 nitrogen and oxygen atoms in total. The summed E-state index contributed by atoms with van der Waals surface area (Å²) in [6.45, 7) is 4.43. The van der Waals surface area contributed by atoms with Crippen molar-refractivity contribution in [2.75, 3.05) is 0 Å². The molecule has 2 aliphatic carbocycles. The van der Waals surface area contributed by atoms with Gasteiger partial charge in [0.2, 0.25) is 5.91 Å². The van der Waals surface area contributed by atoms with Crippen LogP contribution in [0.3, 0.4) is 0 Å². The van der Waals surface area contributed by atoms with E-state index >= 15 is 0 Å². The maximum absolute atomic E-state index is 12.4.